The number of amides is 1. The molecule has 0 saturated heterocycles. The predicted octanol–water partition coefficient (Wildman–Crippen LogP) is 3.45. The first-order valence-electron chi connectivity index (χ1n) is 7.84. The van der Waals surface area contributed by atoms with Gasteiger partial charge in [0.1, 0.15) is 6.26 Å². The van der Waals surface area contributed by atoms with Gasteiger partial charge in [0, 0.05) is 23.7 Å². The van der Waals surface area contributed by atoms with Crippen LogP contribution in [0, 0.1) is 0 Å². The minimum Gasteiger partial charge on any atom is -0.478 e. The maximum absolute atomic E-state index is 12.8. The summed E-state index contributed by atoms with van der Waals surface area (Å²) in [6, 6.07) is 9.31. The lowest BCUT2D eigenvalue weighted by Gasteiger charge is -2.24. The number of anilines is 1. The van der Waals surface area contributed by atoms with Crippen molar-refractivity contribution < 1.29 is 19.1 Å². The van der Waals surface area contributed by atoms with Crippen molar-refractivity contribution in [3.8, 4) is 0 Å². The molecule has 1 fully saturated rings. The predicted molar refractivity (Wildman–Crippen MR) is 83.9 cm³/mol. The number of fused-ring (bicyclic) bond motifs is 2. The van der Waals surface area contributed by atoms with Crippen molar-refractivity contribution in [2.24, 2.45) is 0 Å². The number of carboxylic acid groups (broad SMARTS) is 1. The Morgan fingerprint density at radius 1 is 1.17 bits per heavy atom. The summed E-state index contributed by atoms with van der Waals surface area (Å²) < 4.78 is 5.19. The fourth-order valence-electron chi connectivity index (χ4n) is 3.98. The molecule has 2 heterocycles. The first-order chi connectivity index (χ1) is 11.1. The second-order valence-electron chi connectivity index (χ2n) is 6.40. The van der Waals surface area contributed by atoms with Crippen LogP contribution in [-0.2, 0) is 5.41 Å². The van der Waals surface area contributed by atoms with Crippen LogP contribution in [0.25, 0.3) is 0 Å². The highest BCUT2D eigenvalue weighted by atomic mass is 16.4. The number of furan rings is 1. The summed E-state index contributed by atoms with van der Waals surface area (Å²) in [5, 5.41) is 8.99. The van der Waals surface area contributed by atoms with Gasteiger partial charge in [-0.2, -0.15) is 0 Å². The molecule has 1 saturated carbocycles. The number of carboxylic acids is 1. The minimum atomic E-state index is -1.10. The third-order valence-electron chi connectivity index (χ3n) is 5.09. The molecule has 0 radical (unpaired) electrons. The van der Waals surface area contributed by atoms with Gasteiger partial charge in [-0.1, -0.05) is 31.0 Å². The third-order valence-corrected chi connectivity index (χ3v) is 5.09. The van der Waals surface area contributed by atoms with E-state index in [0.29, 0.717) is 6.54 Å². The molecule has 5 nitrogen and oxygen atoms in total. The summed E-state index contributed by atoms with van der Waals surface area (Å²) in [6.45, 7) is 0.647. The average Bonchev–Trinajstić information content (AvgIpc) is 3.28. The summed E-state index contributed by atoms with van der Waals surface area (Å²) in [5.41, 5.74) is 2.20. The van der Waals surface area contributed by atoms with Crippen LogP contribution in [0.2, 0.25) is 0 Å². The van der Waals surface area contributed by atoms with Crippen LogP contribution in [0.3, 0.4) is 0 Å². The number of nitrogens with zero attached hydrogens (tertiary/aromatic N) is 1. The van der Waals surface area contributed by atoms with Crippen LogP contribution in [0.1, 0.15) is 52.2 Å². The van der Waals surface area contributed by atoms with E-state index < -0.39 is 5.97 Å². The maximum Gasteiger partial charge on any atom is 0.338 e. The van der Waals surface area contributed by atoms with Crippen molar-refractivity contribution in [1.29, 1.82) is 0 Å². The molecule has 1 aliphatic carbocycles. The molecule has 1 N–H and O–H groups in total. The summed E-state index contributed by atoms with van der Waals surface area (Å²) in [4.78, 5) is 25.5. The van der Waals surface area contributed by atoms with E-state index in [1.807, 2.05) is 18.2 Å². The second-order valence-corrected chi connectivity index (χ2v) is 6.40. The van der Waals surface area contributed by atoms with Crippen molar-refractivity contribution in [3.63, 3.8) is 0 Å². The summed E-state index contributed by atoms with van der Waals surface area (Å²) in [6.07, 6.45) is 5.65. The van der Waals surface area contributed by atoms with E-state index in [0.717, 1.165) is 24.8 Å². The van der Waals surface area contributed by atoms with Crippen molar-refractivity contribution in [3.05, 3.63) is 53.5 Å². The highest BCUT2D eigenvalue weighted by molar-refractivity contribution is 6.07. The normalized spacial score (nSPS) is 18.3. The van der Waals surface area contributed by atoms with Gasteiger partial charge in [0.2, 0.25) is 0 Å². The highest BCUT2D eigenvalue weighted by Gasteiger charge is 2.46. The van der Waals surface area contributed by atoms with Gasteiger partial charge in [-0.05, 0) is 24.5 Å². The molecule has 1 aromatic carbocycles. The number of carbonyl (C=O) groups is 2. The first-order valence-corrected chi connectivity index (χ1v) is 7.84. The van der Waals surface area contributed by atoms with E-state index in [4.69, 9.17) is 9.52 Å². The Morgan fingerprint density at radius 3 is 2.61 bits per heavy atom. The fraction of sp³-hybridized carbons (Fsp3) is 0.333. The third kappa shape index (κ3) is 2.07. The molecule has 4 rings (SSSR count). The van der Waals surface area contributed by atoms with E-state index in [-0.39, 0.29) is 22.6 Å². The lowest BCUT2D eigenvalue weighted by molar-refractivity contribution is 0.0696. The zero-order valence-electron chi connectivity index (χ0n) is 12.6. The molecule has 1 spiro atoms. The maximum atomic E-state index is 12.8. The number of aromatic carboxylic acids is 1. The largest absolute Gasteiger partial charge is 0.478 e. The molecule has 1 amide bonds. The molecule has 2 aromatic rings. The smallest absolute Gasteiger partial charge is 0.338 e. The van der Waals surface area contributed by atoms with Crippen LogP contribution in [-0.4, -0.2) is 23.5 Å². The van der Waals surface area contributed by atoms with E-state index in [1.165, 1.54) is 24.5 Å². The van der Waals surface area contributed by atoms with Crippen LogP contribution in [0.4, 0.5) is 5.69 Å². The molecule has 1 aliphatic heterocycles. The van der Waals surface area contributed by atoms with Gasteiger partial charge in [-0.25, -0.2) is 4.79 Å². The van der Waals surface area contributed by atoms with Gasteiger partial charge < -0.3 is 14.4 Å². The molecule has 0 bridgehead atoms. The second kappa shape index (κ2) is 4.98. The Hall–Kier alpha value is -2.56. The standard InChI is InChI=1S/C18H17NO4/c20-16(15-9-12(10-23-15)17(21)22)19-11-18(7-3-4-8-18)13-5-1-2-6-14(13)19/h1-2,5-6,9-10H,3-4,7-8,11H2,(H,21,22). The average molecular weight is 311 g/mol. The lowest BCUT2D eigenvalue weighted by Crippen LogP contribution is -2.35. The quantitative estimate of drug-likeness (QED) is 0.922. The Morgan fingerprint density at radius 2 is 1.91 bits per heavy atom. The molecule has 23 heavy (non-hydrogen) atoms. The molecule has 2 aliphatic rings. The number of carbonyl (C=O) groups excluding carboxylic acids is 1. The van der Waals surface area contributed by atoms with Crippen molar-refractivity contribution in [2.45, 2.75) is 31.1 Å². The van der Waals surface area contributed by atoms with Gasteiger partial charge in [0.25, 0.3) is 5.91 Å². The Labute approximate surface area is 133 Å². The Kier molecular flexibility index (Phi) is 3.04. The molecular weight excluding hydrogens is 294 g/mol. The lowest BCUT2D eigenvalue weighted by atomic mass is 9.81. The monoisotopic (exact) mass is 311 g/mol. The van der Waals surface area contributed by atoms with Gasteiger partial charge in [0.05, 0.1) is 5.56 Å². The molecule has 118 valence electrons. The number of benzene rings is 1. The zero-order chi connectivity index (χ0) is 16.0. The SMILES string of the molecule is O=C(O)c1coc(C(=O)N2CC3(CCCC3)c3ccccc32)c1. The molecule has 0 unspecified atom stereocenters. The number of rotatable bonds is 2. The summed E-state index contributed by atoms with van der Waals surface area (Å²) in [7, 11) is 0. The topological polar surface area (TPSA) is 70.7 Å². The van der Waals surface area contributed by atoms with Crippen LogP contribution < -0.4 is 4.90 Å². The Bertz CT molecular complexity index is 786. The van der Waals surface area contributed by atoms with Gasteiger partial charge in [0.15, 0.2) is 5.76 Å². The van der Waals surface area contributed by atoms with Gasteiger partial charge in [-0.3, -0.25) is 4.79 Å². The van der Waals surface area contributed by atoms with E-state index in [2.05, 4.69) is 6.07 Å². The number of hydrogen-bond acceptors (Lipinski definition) is 3. The van der Waals surface area contributed by atoms with E-state index in [9.17, 15) is 9.59 Å². The first kappa shape index (κ1) is 14.1. The van der Waals surface area contributed by atoms with Crippen LogP contribution in [0.5, 0.6) is 0 Å². The molecular formula is C18H17NO4. The zero-order valence-corrected chi connectivity index (χ0v) is 12.6. The Balaban J connectivity index is 1.72. The summed E-state index contributed by atoms with van der Waals surface area (Å²) in [5.74, 6) is -1.29. The molecule has 0 atom stereocenters. The van der Waals surface area contributed by atoms with Gasteiger partial charge in [-0.15, -0.1) is 0 Å². The molecule has 1 aromatic heterocycles. The minimum absolute atomic E-state index is 0.00332. The number of para-hydroxylation sites is 1. The van der Waals surface area contributed by atoms with E-state index >= 15 is 0 Å². The highest BCUT2D eigenvalue weighted by Crippen LogP contribution is 2.50. The van der Waals surface area contributed by atoms with Crippen molar-refractivity contribution in [1.82, 2.24) is 0 Å². The number of hydrogen-bond donors (Lipinski definition) is 1. The molecule has 5 heteroatoms. The van der Waals surface area contributed by atoms with Gasteiger partial charge >= 0.3 is 5.97 Å². The van der Waals surface area contributed by atoms with Crippen molar-refractivity contribution >= 4 is 17.6 Å². The van der Waals surface area contributed by atoms with Crippen molar-refractivity contribution in [2.75, 3.05) is 11.4 Å². The summed E-state index contributed by atoms with van der Waals surface area (Å²) >= 11 is 0. The fourth-order valence-corrected chi connectivity index (χ4v) is 3.98. The van der Waals surface area contributed by atoms with E-state index in [1.54, 1.807) is 4.90 Å². The van der Waals surface area contributed by atoms with Crippen LogP contribution in [0.15, 0.2) is 41.0 Å². The van der Waals surface area contributed by atoms with Crippen LogP contribution >= 0.6 is 0 Å².